The topological polar surface area (TPSA) is 81.8 Å². The van der Waals surface area contributed by atoms with Crippen molar-refractivity contribution in [3.8, 4) is 22.4 Å². The summed E-state index contributed by atoms with van der Waals surface area (Å²) in [5.41, 5.74) is 5.47. The van der Waals surface area contributed by atoms with Crippen molar-refractivity contribution in [3.63, 3.8) is 0 Å². The maximum Gasteiger partial charge on any atom is 0.267 e. The summed E-state index contributed by atoms with van der Waals surface area (Å²) in [7, 11) is 0. The Balaban J connectivity index is 1.26. The summed E-state index contributed by atoms with van der Waals surface area (Å²) in [6.07, 6.45) is 3.71. The fraction of sp³-hybridized carbons (Fsp3) is 0.103. The Morgan fingerprint density at radius 2 is 1.58 bits per heavy atom. The summed E-state index contributed by atoms with van der Waals surface area (Å²) >= 11 is 0. The van der Waals surface area contributed by atoms with Gasteiger partial charge < -0.3 is 5.32 Å². The lowest BCUT2D eigenvalue weighted by atomic mass is 9.98. The Hall–Kier alpha value is -4.78. The van der Waals surface area contributed by atoms with E-state index in [4.69, 9.17) is 0 Å². The van der Waals surface area contributed by atoms with E-state index in [1.807, 2.05) is 71.5 Å². The van der Waals surface area contributed by atoms with Crippen LogP contribution in [0.5, 0.6) is 0 Å². The molecule has 1 N–H and O–H groups in total. The molecular formula is C29H25N5O2. The molecule has 0 aliphatic carbocycles. The highest BCUT2D eigenvalue weighted by Gasteiger charge is 2.10. The van der Waals surface area contributed by atoms with Crippen LogP contribution >= 0.6 is 0 Å². The fourth-order valence-corrected chi connectivity index (χ4v) is 4.04. The monoisotopic (exact) mass is 475 g/mol. The SMILES string of the molecule is O=C(Cn1nc(-c2ccccc2)ccc1=O)NCc1ccccc1-c1ccc(Cn2cccn2)cc1. The summed E-state index contributed by atoms with van der Waals surface area (Å²) < 4.78 is 3.08. The van der Waals surface area contributed by atoms with E-state index in [0.29, 0.717) is 18.8 Å². The molecule has 5 rings (SSSR count). The van der Waals surface area contributed by atoms with Crippen molar-refractivity contribution >= 4 is 5.91 Å². The molecule has 0 aliphatic heterocycles. The molecule has 0 saturated carbocycles. The van der Waals surface area contributed by atoms with Crippen molar-refractivity contribution in [3.05, 3.63) is 131 Å². The number of carbonyl (C=O) groups excluding carboxylic acids is 1. The third-order valence-electron chi connectivity index (χ3n) is 5.89. The van der Waals surface area contributed by atoms with Crippen LogP contribution in [-0.4, -0.2) is 25.5 Å². The summed E-state index contributed by atoms with van der Waals surface area (Å²) in [6, 6.07) is 30.9. The van der Waals surface area contributed by atoms with Gasteiger partial charge in [-0.2, -0.15) is 10.2 Å². The summed E-state index contributed by atoms with van der Waals surface area (Å²) in [6.45, 7) is 0.908. The second kappa shape index (κ2) is 10.7. The lowest BCUT2D eigenvalue weighted by Gasteiger charge is -2.12. The molecule has 2 aromatic heterocycles. The predicted molar refractivity (Wildman–Crippen MR) is 139 cm³/mol. The minimum atomic E-state index is -0.319. The van der Waals surface area contributed by atoms with Crippen molar-refractivity contribution in [2.24, 2.45) is 0 Å². The number of hydrogen-bond acceptors (Lipinski definition) is 4. The van der Waals surface area contributed by atoms with Crippen molar-refractivity contribution in [1.29, 1.82) is 0 Å². The fourth-order valence-electron chi connectivity index (χ4n) is 4.04. The quantitative estimate of drug-likeness (QED) is 0.366. The van der Waals surface area contributed by atoms with E-state index in [1.54, 1.807) is 12.3 Å². The van der Waals surface area contributed by atoms with Crippen LogP contribution in [0.2, 0.25) is 0 Å². The standard InChI is InChI=1S/C29H25N5O2/c35-28(21-34-29(36)16-15-27(32-34)24-7-2-1-3-8-24)30-19-25-9-4-5-10-26(25)23-13-11-22(12-14-23)20-33-18-6-17-31-33/h1-18H,19-21H2,(H,30,35). The van der Waals surface area contributed by atoms with Gasteiger partial charge in [0.25, 0.3) is 5.56 Å². The molecule has 7 heteroatoms. The largest absolute Gasteiger partial charge is 0.350 e. The summed E-state index contributed by atoms with van der Waals surface area (Å²) in [5, 5.41) is 11.6. The van der Waals surface area contributed by atoms with Crippen molar-refractivity contribution in [2.75, 3.05) is 0 Å². The van der Waals surface area contributed by atoms with Crippen LogP contribution in [0.1, 0.15) is 11.1 Å². The van der Waals surface area contributed by atoms with E-state index in [-0.39, 0.29) is 18.0 Å². The molecule has 7 nitrogen and oxygen atoms in total. The maximum atomic E-state index is 12.7. The van der Waals surface area contributed by atoms with Crippen molar-refractivity contribution in [1.82, 2.24) is 24.9 Å². The molecule has 5 aromatic rings. The molecule has 1 amide bonds. The highest BCUT2D eigenvalue weighted by molar-refractivity contribution is 5.76. The van der Waals surface area contributed by atoms with Gasteiger partial charge in [0.15, 0.2) is 0 Å². The average Bonchev–Trinajstić information content (AvgIpc) is 3.43. The summed E-state index contributed by atoms with van der Waals surface area (Å²) in [5.74, 6) is -0.279. The molecule has 3 aromatic carbocycles. The van der Waals surface area contributed by atoms with E-state index in [2.05, 4.69) is 39.8 Å². The molecule has 36 heavy (non-hydrogen) atoms. The van der Waals surface area contributed by atoms with Gasteiger partial charge in [-0.3, -0.25) is 14.3 Å². The number of nitrogens with zero attached hydrogens (tertiary/aromatic N) is 4. The number of hydrogen-bond donors (Lipinski definition) is 1. The van der Waals surface area contributed by atoms with Crippen molar-refractivity contribution < 1.29 is 4.79 Å². The lowest BCUT2D eigenvalue weighted by Crippen LogP contribution is -2.33. The highest BCUT2D eigenvalue weighted by atomic mass is 16.2. The third kappa shape index (κ3) is 5.47. The average molecular weight is 476 g/mol. The third-order valence-corrected chi connectivity index (χ3v) is 5.89. The Morgan fingerprint density at radius 3 is 2.36 bits per heavy atom. The van der Waals surface area contributed by atoms with Gasteiger partial charge in [0.05, 0.1) is 12.2 Å². The van der Waals surface area contributed by atoms with Gasteiger partial charge in [0.2, 0.25) is 5.91 Å². The van der Waals surface area contributed by atoms with Gasteiger partial charge in [-0.05, 0) is 34.4 Å². The van der Waals surface area contributed by atoms with Gasteiger partial charge in [-0.1, -0.05) is 78.9 Å². The second-order valence-corrected chi connectivity index (χ2v) is 8.41. The molecule has 0 bridgehead atoms. The lowest BCUT2D eigenvalue weighted by molar-refractivity contribution is -0.122. The first-order chi connectivity index (χ1) is 17.7. The van der Waals surface area contributed by atoms with E-state index in [9.17, 15) is 9.59 Å². The Kier molecular flexibility index (Phi) is 6.80. The number of carbonyl (C=O) groups is 1. The molecule has 0 atom stereocenters. The van der Waals surface area contributed by atoms with Crippen LogP contribution < -0.4 is 10.9 Å². The Labute approximate surface area is 208 Å². The molecule has 0 saturated heterocycles. The van der Waals surface area contributed by atoms with Crippen LogP contribution in [0.15, 0.2) is 114 Å². The zero-order chi connectivity index (χ0) is 24.7. The minimum Gasteiger partial charge on any atom is -0.350 e. The zero-order valence-corrected chi connectivity index (χ0v) is 19.6. The van der Waals surface area contributed by atoms with E-state index in [1.165, 1.54) is 10.7 Å². The number of rotatable bonds is 8. The Bertz CT molecular complexity index is 1510. The maximum absolute atomic E-state index is 12.7. The number of amides is 1. The summed E-state index contributed by atoms with van der Waals surface area (Å²) in [4.78, 5) is 25.0. The second-order valence-electron chi connectivity index (χ2n) is 8.41. The molecule has 2 heterocycles. The van der Waals surface area contributed by atoms with Crippen LogP contribution in [-0.2, 0) is 24.4 Å². The minimum absolute atomic E-state index is 0.149. The molecule has 0 aliphatic rings. The van der Waals surface area contributed by atoms with Crippen LogP contribution in [0.25, 0.3) is 22.4 Å². The molecular weight excluding hydrogens is 450 g/mol. The van der Waals surface area contributed by atoms with E-state index >= 15 is 0 Å². The molecule has 0 unspecified atom stereocenters. The first kappa shape index (κ1) is 23.0. The smallest absolute Gasteiger partial charge is 0.267 e. The number of aromatic nitrogens is 4. The Morgan fingerprint density at radius 1 is 0.806 bits per heavy atom. The molecule has 0 fully saturated rings. The number of nitrogens with one attached hydrogen (secondary N) is 1. The molecule has 178 valence electrons. The highest BCUT2D eigenvalue weighted by Crippen LogP contribution is 2.24. The van der Waals surface area contributed by atoms with Gasteiger partial charge in [0.1, 0.15) is 6.54 Å². The van der Waals surface area contributed by atoms with Gasteiger partial charge in [0, 0.05) is 30.6 Å². The molecule has 0 spiro atoms. The first-order valence-electron chi connectivity index (χ1n) is 11.7. The van der Waals surface area contributed by atoms with Crippen LogP contribution in [0.4, 0.5) is 0 Å². The normalized spacial score (nSPS) is 10.8. The number of benzene rings is 3. The van der Waals surface area contributed by atoms with Gasteiger partial charge in [-0.15, -0.1) is 0 Å². The van der Waals surface area contributed by atoms with E-state index in [0.717, 1.165) is 27.8 Å². The molecule has 0 radical (unpaired) electrons. The van der Waals surface area contributed by atoms with Crippen LogP contribution in [0.3, 0.4) is 0 Å². The van der Waals surface area contributed by atoms with Gasteiger partial charge in [-0.25, -0.2) is 4.68 Å². The zero-order valence-electron chi connectivity index (χ0n) is 19.6. The first-order valence-corrected chi connectivity index (χ1v) is 11.7. The van der Waals surface area contributed by atoms with Crippen molar-refractivity contribution in [2.45, 2.75) is 19.6 Å². The predicted octanol–water partition coefficient (Wildman–Crippen LogP) is 4.14. The van der Waals surface area contributed by atoms with Crippen LogP contribution in [0, 0.1) is 0 Å². The van der Waals surface area contributed by atoms with E-state index < -0.39 is 0 Å². The van der Waals surface area contributed by atoms with Gasteiger partial charge >= 0.3 is 0 Å².